The third-order valence-electron chi connectivity index (χ3n) is 6.86. The predicted molar refractivity (Wildman–Crippen MR) is 135 cm³/mol. The van der Waals surface area contributed by atoms with Crippen LogP contribution in [0.15, 0.2) is 52.9 Å². The third kappa shape index (κ3) is 3.08. The second kappa shape index (κ2) is 7.01. The van der Waals surface area contributed by atoms with E-state index >= 15 is 0 Å². The van der Waals surface area contributed by atoms with Crippen molar-refractivity contribution in [2.24, 2.45) is 7.05 Å². The molecule has 32 heavy (non-hydrogen) atoms. The summed E-state index contributed by atoms with van der Waals surface area (Å²) in [7, 11) is 0.727. The van der Waals surface area contributed by atoms with Crippen LogP contribution in [0.1, 0.15) is 16.7 Å². The lowest BCUT2D eigenvalue weighted by molar-refractivity contribution is -0.633. The molecular weight excluding hydrogens is 413 g/mol. The number of benzene rings is 3. The Labute approximate surface area is 189 Å². The van der Waals surface area contributed by atoms with Crippen molar-refractivity contribution in [3.05, 3.63) is 71.0 Å². The molecule has 0 amide bonds. The Kier molecular flexibility index (Phi) is 4.58. The van der Waals surface area contributed by atoms with Crippen LogP contribution in [0.3, 0.4) is 0 Å². The molecule has 0 N–H and O–H groups in total. The molecule has 5 aromatic rings. The van der Waals surface area contributed by atoms with E-state index < -0.39 is 8.07 Å². The van der Waals surface area contributed by atoms with Crippen LogP contribution in [-0.2, 0) is 7.05 Å². The molecule has 2 nitrogen and oxygen atoms in total. The van der Waals surface area contributed by atoms with Gasteiger partial charge in [-0.2, -0.15) is 4.57 Å². The van der Waals surface area contributed by atoms with Gasteiger partial charge in [0.15, 0.2) is 0 Å². The molecule has 4 heteroatoms. The summed E-state index contributed by atoms with van der Waals surface area (Å²) in [4.78, 5) is 0. The molecule has 0 fully saturated rings. The maximum atomic E-state index is 13.9. The molecule has 0 saturated carbocycles. The first-order valence-corrected chi connectivity index (χ1v) is 14.6. The summed E-state index contributed by atoms with van der Waals surface area (Å²) in [6.45, 7) is 13.6. The Bertz CT molecular complexity index is 1560. The Balaban J connectivity index is 1.87. The minimum Gasteiger partial charge on any atom is -0.455 e. The van der Waals surface area contributed by atoms with Crippen molar-refractivity contribution in [1.82, 2.24) is 0 Å². The van der Waals surface area contributed by atoms with Crippen molar-refractivity contribution in [1.29, 1.82) is 0 Å². The SMILES string of the molecule is Cc1cc2c(oc3cc(F)ccc32)c(-c2cc(C)c3cc([Si](C)(C)C)ccc3[n+]2C)c1C. The lowest BCUT2D eigenvalue weighted by Crippen LogP contribution is -2.39. The molecule has 0 spiro atoms. The standard InChI is InChI=1S/C28H29FNOSi/c1-16-12-23-21-10-8-19(29)14-26(21)31-28(23)27(18(16)3)25-13-17(2)22-15-20(32(5,6)7)9-11-24(22)30(25)4/h8-15H,1-7H3/q+1. The van der Waals surface area contributed by atoms with E-state index in [9.17, 15) is 4.39 Å². The van der Waals surface area contributed by atoms with Gasteiger partial charge in [0.25, 0.3) is 0 Å². The fraction of sp³-hybridized carbons (Fsp3) is 0.250. The van der Waals surface area contributed by atoms with Crippen LogP contribution >= 0.6 is 0 Å². The van der Waals surface area contributed by atoms with E-state index in [1.807, 2.05) is 6.07 Å². The van der Waals surface area contributed by atoms with Gasteiger partial charge in [-0.1, -0.05) is 30.9 Å². The van der Waals surface area contributed by atoms with Crippen LogP contribution in [0.25, 0.3) is 44.1 Å². The normalized spacial score (nSPS) is 12.4. The predicted octanol–water partition coefficient (Wildman–Crippen LogP) is 6.84. The van der Waals surface area contributed by atoms with E-state index in [0.717, 1.165) is 27.6 Å². The molecule has 2 aromatic heterocycles. The zero-order valence-corrected chi connectivity index (χ0v) is 20.9. The summed E-state index contributed by atoms with van der Waals surface area (Å²) in [6, 6.07) is 16.2. The molecule has 162 valence electrons. The van der Waals surface area contributed by atoms with Crippen LogP contribution < -0.4 is 9.75 Å². The van der Waals surface area contributed by atoms with E-state index in [4.69, 9.17) is 4.42 Å². The van der Waals surface area contributed by atoms with Crippen molar-refractivity contribution >= 4 is 46.1 Å². The Morgan fingerprint density at radius 1 is 0.812 bits per heavy atom. The van der Waals surface area contributed by atoms with Gasteiger partial charge in [0.1, 0.15) is 24.0 Å². The van der Waals surface area contributed by atoms with Gasteiger partial charge >= 0.3 is 0 Å². The van der Waals surface area contributed by atoms with Crippen molar-refractivity contribution < 1.29 is 13.4 Å². The maximum absolute atomic E-state index is 13.9. The smallest absolute Gasteiger partial charge is 0.217 e. The number of halogens is 1. The number of nitrogens with zero attached hydrogens (tertiary/aromatic N) is 1. The molecule has 0 aliphatic rings. The fourth-order valence-corrected chi connectivity index (χ4v) is 5.94. The first-order valence-electron chi connectivity index (χ1n) is 11.1. The van der Waals surface area contributed by atoms with Crippen LogP contribution in [0.4, 0.5) is 4.39 Å². The molecule has 2 heterocycles. The highest BCUT2D eigenvalue weighted by molar-refractivity contribution is 6.88. The minimum atomic E-state index is -1.40. The van der Waals surface area contributed by atoms with Crippen LogP contribution in [0.2, 0.25) is 19.6 Å². The number of aromatic nitrogens is 1. The lowest BCUT2D eigenvalue weighted by atomic mass is 9.95. The van der Waals surface area contributed by atoms with Gasteiger partial charge in [0, 0.05) is 34.4 Å². The number of hydrogen-bond acceptors (Lipinski definition) is 1. The summed E-state index contributed by atoms with van der Waals surface area (Å²) in [5.74, 6) is -0.281. The highest BCUT2D eigenvalue weighted by Crippen LogP contribution is 2.39. The Hall–Kier alpha value is -2.98. The van der Waals surface area contributed by atoms with Gasteiger partial charge in [-0.15, -0.1) is 0 Å². The number of aryl methyl sites for hydroxylation is 3. The molecule has 5 rings (SSSR count). The summed E-state index contributed by atoms with van der Waals surface area (Å²) < 4.78 is 22.4. The molecular formula is C28H29FNOSi+. The van der Waals surface area contributed by atoms with Gasteiger partial charge in [0.2, 0.25) is 11.2 Å². The minimum absolute atomic E-state index is 0.281. The summed E-state index contributed by atoms with van der Waals surface area (Å²) in [5.41, 5.74) is 8.45. The lowest BCUT2D eigenvalue weighted by Gasteiger charge is -2.17. The van der Waals surface area contributed by atoms with Gasteiger partial charge in [0.05, 0.1) is 13.6 Å². The highest BCUT2D eigenvalue weighted by Gasteiger charge is 2.26. The number of rotatable bonds is 2. The molecule has 0 bridgehead atoms. The number of hydrogen-bond donors (Lipinski definition) is 0. The molecule has 0 aliphatic heterocycles. The average Bonchev–Trinajstić information content (AvgIpc) is 3.07. The zero-order chi connectivity index (χ0) is 22.9. The van der Waals surface area contributed by atoms with E-state index in [1.54, 1.807) is 0 Å². The number of furan rings is 1. The van der Waals surface area contributed by atoms with E-state index in [1.165, 1.54) is 44.9 Å². The maximum Gasteiger partial charge on any atom is 0.217 e. The van der Waals surface area contributed by atoms with Crippen molar-refractivity contribution in [2.45, 2.75) is 40.4 Å². The van der Waals surface area contributed by atoms with Crippen molar-refractivity contribution in [3.63, 3.8) is 0 Å². The fourth-order valence-electron chi connectivity index (χ4n) is 4.78. The van der Waals surface area contributed by atoms with Gasteiger partial charge < -0.3 is 4.42 Å². The largest absolute Gasteiger partial charge is 0.455 e. The molecule has 0 unspecified atom stereocenters. The van der Waals surface area contributed by atoms with Crippen molar-refractivity contribution in [3.8, 4) is 11.3 Å². The summed E-state index contributed by atoms with van der Waals surface area (Å²) >= 11 is 0. The van der Waals surface area contributed by atoms with E-state index in [2.05, 4.69) is 82.4 Å². The first-order chi connectivity index (χ1) is 15.1. The van der Waals surface area contributed by atoms with Gasteiger partial charge in [-0.25, -0.2) is 4.39 Å². The molecule has 0 atom stereocenters. The Morgan fingerprint density at radius 3 is 2.28 bits per heavy atom. The summed E-state index contributed by atoms with van der Waals surface area (Å²) in [5, 5.41) is 4.74. The molecule has 0 aliphatic carbocycles. The average molecular weight is 443 g/mol. The van der Waals surface area contributed by atoms with Crippen LogP contribution in [0.5, 0.6) is 0 Å². The van der Waals surface area contributed by atoms with E-state index in [-0.39, 0.29) is 5.82 Å². The van der Waals surface area contributed by atoms with Gasteiger partial charge in [-0.3, -0.25) is 0 Å². The third-order valence-corrected chi connectivity index (χ3v) is 8.91. The first kappa shape index (κ1) is 20.9. The second-order valence-corrected chi connectivity index (χ2v) is 15.1. The molecule has 0 radical (unpaired) electrons. The van der Waals surface area contributed by atoms with Gasteiger partial charge in [-0.05, 0) is 61.7 Å². The number of pyridine rings is 1. The quantitative estimate of drug-likeness (QED) is 0.216. The highest BCUT2D eigenvalue weighted by atomic mass is 28.3. The van der Waals surface area contributed by atoms with E-state index in [0.29, 0.717) is 5.58 Å². The van der Waals surface area contributed by atoms with Crippen molar-refractivity contribution in [2.75, 3.05) is 0 Å². The second-order valence-electron chi connectivity index (χ2n) is 10.1. The topological polar surface area (TPSA) is 17.0 Å². The Morgan fingerprint density at radius 2 is 1.56 bits per heavy atom. The van der Waals surface area contributed by atoms with Crippen LogP contribution in [0, 0.1) is 26.6 Å². The molecule has 3 aromatic carbocycles. The summed E-state index contributed by atoms with van der Waals surface area (Å²) in [6.07, 6.45) is 0. The van der Waals surface area contributed by atoms with Crippen LogP contribution in [-0.4, -0.2) is 8.07 Å². The molecule has 0 saturated heterocycles. The monoisotopic (exact) mass is 442 g/mol. The number of fused-ring (bicyclic) bond motifs is 4. The zero-order valence-electron chi connectivity index (χ0n) is 19.9.